The van der Waals surface area contributed by atoms with Crippen LogP contribution in [0.1, 0.15) is 12.8 Å². The first-order chi connectivity index (χ1) is 9.00. The quantitative estimate of drug-likeness (QED) is 0.477. The van der Waals surface area contributed by atoms with E-state index in [0.29, 0.717) is 11.9 Å². The summed E-state index contributed by atoms with van der Waals surface area (Å²) >= 11 is 5.80. The fourth-order valence-electron chi connectivity index (χ4n) is 2.33. The predicted molar refractivity (Wildman–Crippen MR) is 72.6 cm³/mol. The average molecular weight is 286 g/mol. The molecule has 0 aliphatic carbocycles. The first-order valence-corrected chi connectivity index (χ1v) is 6.44. The van der Waals surface area contributed by atoms with E-state index in [1.807, 2.05) is 19.0 Å². The Kier molecular flexibility index (Phi) is 4.16. The highest BCUT2D eigenvalue weighted by molar-refractivity contribution is 6.31. The molecule has 0 aromatic carbocycles. The second-order valence-corrected chi connectivity index (χ2v) is 5.13. The van der Waals surface area contributed by atoms with Gasteiger partial charge in [0.15, 0.2) is 0 Å². The second-order valence-electron chi connectivity index (χ2n) is 4.78. The van der Waals surface area contributed by atoms with Crippen LogP contribution in [0.3, 0.4) is 0 Å². The summed E-state index contributed by atoms with van der Waals surface area (Å²) in [4.78, 5) is 22.3. The summed E-state index contributed by atoms with van der Waals surface area (Å²) in [6.45, 7) is 1.47. The van der Waals surface area contributed by atoms with Crippen LogP contribution in [0.15, 0.2) is 6.33 Å². The number of hydrogen-bond donors (Lipinski definition) is 0. The van der Waals surface area contributed by atoms with Crippen LogP contribution in [0.4, 0.5) is 11.5 Å². The summed E-state index contributed by atoms with van der Waals surface area (Å²) in [6.07, 6.45) is 3.17. The highest BCUT2D eigenvalue weighted by Crippen LogP contribution is 2.32. The molecule has 0 amide bonds. The van der Waals surface area contributed by atoms with Gasteiger partial charge in [0.1, 0.15) is 6.33 Å². The van der Waals surface area contributed by atoms with Crippen LogP contribution in [0.25, 0.3) is 0 Å². The van der Waals surface area contributed by atoms with Crippen LogP contribution >= 0.6 is 11.6 Å². The van der Waals surface area contributed by atoms with Crippen LogP contribution in [0.2, 0.25) is 5.15 Å². The van der Waals surface area contributed by atoms with Gasteiger partial charge in [-0.05, 0) is 26.9 Å². The van der Waals surface area contributed by atoms with E-state index in [1.165, 1.54) is 6.33 Å². The molecule has 0 unspecified atom stereocenters. The molecule has 1 saturated heterocycles. The van der Waals surface area contributed by atoms with E-state index < -0.39 is 4.92 Å². The monoisotopic (exact) mass is 285 g/mol. The Morgan fingerprint density at radius 2 is 2.05 bits per heavy atom. The van der Waals surface area contributed by atoms with Gasteiger partial charge in [-0.1, -0.05) is 11.6 Å². The van der Waals surface area contributed by atoms with Crippen LogP contribution in [-0.2, 0) is 0 Å². The van der Waals surface area contributed by atoms with Crippen molar-refractivity contribution in [3.05, 3.63) is 21.6 Å². The molecule has 1 aliphatic rings. The highest BCUT2D eigenvalue weighted by Gasteiger charge is 2.29. The van der Waals surface area contributed by atoms with E-state index >= 15 is 0 Å². The van der Waals surface area contributed by atoms with Gasteiger partial charge in [-0.15, -0.1) is 0 Å². The van der Waals surface area contributed by atoms with Gasteiger partial charge in [0.2, 0.25) is 11.0 Å². The molecule has 1 aliphatic heterocycles. The summed E-state index contributed by atoms with van der Waals surface area (Å²) in [5, 5.41) is 11.0. The number of hydrogen-bond acceptors (Lipinski definition) is 6. The molecule has 19 heavy (non-hydrogen) atoms. The van der Waals surface area contributed by atoms with Gasteiger partial charge in [-0.25, -0.2) is 9.97 Å². The lowest BCUT2D eigenvalue weighted by molar-refractivity contribution is -0.384. The number of piperidine rings is 1. The molecule has 2 rings (SSSR count). The molecule has 0 spiro atoms. The van der Waals surface area contributed by atoms with Gasteiger partial charge in [0.25, 0.3) is 0 Å². The van der Waals surface area contributed by atoms with Gasteiger partial charge in [0.05, 0.1) is 4.92 Å². The third-order valence-corrected chi connectivity index (χ3v) is 3.71. The predicted octanol–water partition coefficient (Wildman–Crippen LogP) is 1.57. The van der Waals surface area contributed by atoms with Crippen molar-refractivity contribution in [1.29, 1.82) is 0 Å². The van der Waals surface area contributed by atoms with E-state index in [2.05, 4.69) is 14.9 Å². The zero-order chi connectivity index (χ0) is 14.0. The molecule has 0 atom stereocenters. The van der Waals surface area contributed by atoms with Crippen molar-refractivity contribution in [2.24, 2.45) is 0 Å². The fourth-order valence-corrected chi connectivity index (χ4v) is 2.53. The lowest BCUT2D eigenvalue weighted by Crippen LogP contribution is -2.42. The van der Waals surface area contributed by atoms with Crippen molar-refractivity contribution in [1.82, 2.24) is 14.9 Å². The van der Waals surface area contributed by atoms with Gasteiger partial charge in [-0.3, -0.25) is 10.1 Å². The Balaban J connectivity index is 2.20. The zero-order valence-electron chi connectivity index (χ0n) is 10.9. The molecule has 0 radical (unpaired) electrons. The van der Waals surface area contributed by atoms with Crippen molar-refractivity contribution < 1.29 is 4.92 Å². The van der Waals surface area contributed by atoms with E-state index in [9.17, 15) is 10.1 Å². The van der Waals surface area contributed by atoms with Crippen molar-refractivity contribution in [3.8, 4) is 0 Å². The molecule has 0 N–H and O–H groups in total. The molecular weight excluding hydrogens is 270 g/mol. The normalized spacial score (nSPS) is 16.9. The molecule has 8 heteroatoms. The SMILES string of the molecule is CN(C)C1CCN(c2ncnc(Cl)c2[N+](=O)[O-])CC1. The third-order valence-electron chi connectivity index (χ3n) is 3.44. The number of nitro groups is 1. The second kappa shape index (κ2) is 5.66. The van der Waals surface area contributed by atoms with Crippen LogP contribution in [-0.4, -0.2) is 53.0 Å². The number of halogens is 1. The van der Waals surface area contributed by atoms with Crippen molar-refractivity contribution in [2.45, 2.75) is 18.9 Å². The highest BCUT2D eigenvalue weighted by atomic mass is 35.5. The molecule has 1 fully saturated rings. The molecule has 7 nitrogen and oxygen atoms in total. The minimum Gasteiger partial charge on any atom is -0.351 e. The first-order valence-electron chi connectivity index (χ1n) is 6.07. The third kappa shape index (κ3) is 2.93. The van der Waals surface area contributed by atoms with Gasteiger partial charge >= 0.3 is 5.69 Å². The Bertz CT molecular complexity index is 474. The maximum Gasteiger partial charge on any atom is 0.348 e. The lowest BCUT2D eigenvalue weighted by atomic mass is 10.0. The molecule has 0 bridgehead atoms. The van der Waals surface area contributed by atoms with Gasteiger partial charge in [-0.2, -0.15) is 0 Å². The van der Waals surface area contributed by atoms with E-state index in [-0.39, 0.29) is 10.8 Å². The Morgan fingerprint density at radius 1 is 1.42 bits per heavy atom. The summed E-state index contributed by atoms with van der Waals surface area (Å²) in [5.41, 5.74) is -0.201. The number of anilines is 1. The van der Waals surface area contributed by atoms with Crippen LogP contribution in [0.5, 0.6) is 0 Å². The van der Waals surface area contributed by atoms with Gasteiger partial charge < -0.3 is 9.80 Å². The van der Waals surface area contributed by atoms with E-state index in [1.54, 1.807) is 0 Å². The maximum absolute atomic E-state index is 11.1. The summed E-state index contributed by atoms with van der Waals surface area (Å²) in [7, 11) is 4.09. The zero-order valence-corrected chi connectivity index (χ0v) is 11.7. The van der Waals surface area contributed by atoms with Crippen molar-refractivity contribution >= 4 is 23.1 Å². The smallest absolute Gasteiger partial charge is 0.348 e. The Labute approximate surface area is 116 Å². The molecule has 1 aromatic rings. The van der Waals surface area contributed by atoms with Crippen molar-refractivity contribution in [3.63, 3.8) is 0 Å². The Hall–Kier alpha value is -1.47. The first kappa shape index (κ1) is 14.0. The Morgan fingerprint density at radius 3 is 2.58 bits per heavy atom. The summed E-state index contributed by atoms with van der Waals surface area (Å²) in [6, 6.07) is 0.507. The van der Waals surface area contributed by atoms with E-state index in [4.69, 9.17) is 11.6 Å². The van der Waals surface area contributed by atoms with Crippen LogP contribution in [0, 0.1) is 10.1 Å². The fraction of sp³-hybridized carbons (Fsp3) is 0.636. The molecular formula is C11H16ClN5O2. The number of nitrogens with zero attached hydrogens (tertiary/aromatic N) is 5. The lowest BCUT2D eigenvalue weighted by Gasteiger charge is -2.35. The standard InChI is InChI=1S/C11H16ClN5O2/c1-15(2)8-3-5-16(6-4-8)11-9(17(18)19)10(12)13-7-14-11/h7-8H,3-6H2,1-2H3. The minimum absolute atomic E-state index is 0.107. The molecule has 0 saturated carbocycles. The average Bonchev–Trinajstić information content (AvgIpc) is 2.38. The number of aromatic nitrogens is 2. The molecule has 1 aromatic heterocycles. The van der Waals surface area contributed by atoms with Gasteiger partial charge in [0, 0.05) is 19.1 Å². The maximum atomic E-state index is 11.1. The van der Waals surface area contributed by atoms with Crippen LogP contribution < -0.4 is 4.90 Å². The molecule has 104 valence electrons. The minimum atomic E-state index is -0.518. The van der Waals surface area contributed by atoms with E-state index in [0.717, 1.165) is 25.9 Å². The summed E-state index contributed by atoms with van der Waals surface area (Å²) < 4.78 is 0. The molecule has 2 heterocycles. The van der Waals surface area contributed by atoms with Crippen molar-refractivity contribution in [2.75, 3.05) is 32.1 Å². The topological polar surface area (TPSA) is 75.4 Å². The summed E-state index contributed by atoms with van der Waals surface area (Å²) in [5.74, 6) is 0.321. The largest absolute Gasteiger partial charge is 0.351 e. The number of rotatable bonds is 3.